The number of aromatic nitrogens is 2. The van der Waals surface area contributed by atoms with Gasteiger partial charge in [-0.3, -0.25) is 9.69 Å². The Morgan fingerprint density at radius 1 is 1.08 bits per heavy atom. The summed E-state index contributed by atoms with van der Waals surface area (Å²) in [6.45, 7) is 6.85. The number of carbonyl (C=O) groups is 1. The van der Waals surface area contributed by atoms with Gasteiger partial charge in [0, 0.05) is 44.1 Å². The van der Waals surface area contributed by atoms with Crippen molar-refractivity contribution in [1.82, 2.24) is 20.2 Å². The lowest BCUT2D eigenvalue weighted by Gasteiger charge is -2.42. The Labute approximate surface area is 148 Å². The van der Waals surface area contributed by atoms with Crippen molar-refractivity contribution in [3.8, 4) is 0 Å². The molecular weight excluding hydrogens is 318 g/mol. The van der Waals surface area contributed by atoms with Crippen molar-refractivity contribution in [1.29, 1.82) is 0 Å². The Bertz CT molecular complexity index is 592. The number of carbonyl (C=O) groups excluding carboxylic acids is 1. The molecule has 25 heavy (non-hydrogen) atoms. The van der Waals surface area contributed by atoms with Gasteiger partial charge >= 0.3 is 0 Å². The van der Waals surface area contributed by atoms with Gasteiger partial charge in [-0.15, -0.1) is 0 Å². The fourth-order valence-electron chi connectivity index (χ4n) is 4.16. The van der Waals surface area contributed by atoms with Crippen molar-refractivity contribution in [2.45, 2.75) is 32.2 Å². The molecule has 0 aromatic carbocycles. The number of anilines is 1. The number of likely N-dealkylation sites (tertiary alicyclic amines) is 1. The maximum absolute atomic E-state index is 12.3. The molecule has 0 aliphatic carbocycles. The molecule has 4 rings (SSSR count). The van der Waals surface area contributed by atoms with Gasteiger partial charge in [-0.2, -0.15) is 0 Å². The maximum atomic E-state index is 12.3. The molecule has 1 spiro atoms. The van der Waals surface area contributed by atoms with E-state index in [1.165, 1.54) is 0 Å². The van der Waals surface area contributed by atoms with Crippen molar-refractivity contribution >= 4 is 11.9 Å². The monoisotopic (exact) mass is 345 g/mol. The van der Waals surface area contributed by atoms with Crippen molar-refractivity contribution in [3.63, 3.8) is 0 Å². The Morgan fingerprint density at radius 3 is 2.48 bits per heavy atom. The second kappa shape index (κ2) is 7.25. The first-order valence-electron chi connectivity index (χ1n) is 9.39. The van der Waals surface area contributed by atoms with Crippen LogP contribution in [-0.2, 0) is 16.1 Å². The van der Waals surface area contributed by atoms with Crippen LogP contribution < -0.4 is 10.2 Å². The van der Waals surface area contributed by atoms with E-state index in [4.69, 9.17) is 4.74 Å². The predicted octanol–water partition coefficient (Wildman–Crippen LogP) is 0.805. The highest BCUT2D eigenvalue weighted by Gasteiger charge is 2.42. The highest BCUT2D eigenvalue weighted by Crippen LogP contribution is 2.38. The van der Waals surface area contributed by atoms with Crippen LogP contribution in [0.4, 0.5) is 5.95 Å². The Balaban J connectivity index is 1.31. The molecular formula is C18H27N5O2. The molecule has 136 valence electrons. The SMILES string of the molecule is O=C1NCCCC12CCN(Cc1cnc(N3CCOCC3)nc1)CC2. The van der Waals surface area contributed by atoms with E-state index >= 15 is 0 Å². The number of amides is 1. The van der Waals surface area contributed by atoms with Crippen molar-refractivity contribution in [2.75, 3.05) is 50.8 Å². The molecule has 7 nitrogen and oxygen atoms in total. The fraction of sp³-hybridized carbons (Fsp3) is 0.722. The molecule has 3 saturated heterocycles. The molecule has 0 saturated carbocycles. The normalized spacial score (nSPS) is 24.3. The number of morpholine rings is 1. The van der Waals surface area contributed by atoms with Crippen LogP contribution in [0.5, 0.6) is 0 Å². The van der Waals surface area contributed by atoms with Gasteiger partial charge in [-0.25, -0.2) is 9.97 Å². The number of hydrogen-bond acceptors (Lipinski definition) is 6. The van der Waals surface area contributed by atoms with E-state index in [0.29, 0.717) is 0 Å². The van der Waals surface area contributed by atoms with Gasteiger partial charge in [-0.05, 0) is 38.8 Å². The van der Waals surface area contributed by atoms with Crippen molar-refractivity contribution in [2.24, 2.45) is 5.41 Å². The molecule has 3 aliphatic heterocycles. The van der Waals surface area contributed by atoms with Crippen LogP contribution in [0.15, 0.2) is 12.4 Å². The summed E-state index contributed by atoms with van der Waals surface area (Å²) in [5, 5.41) is 3.05. The van der Waals surface area contributed by atoms with E-state index < -0.39 is 0 Å². The summed E-state index contributed by atoms with van der Waals surface area (Å²) in [7, 11) is 0. The Morgan fingerprint density at radius 2 is 1.80 bits per heavy atom. The summed E-state index contributed by atoms with van der Waals surface area (Å²) >= 11 is 0. The molecule has 7 heteroatoms. The fourth-order valence-corrected chi connectivity index (χ4v) is 4.16. The molecule has 0 bridgehead atoms. The number of piperidine rings is 2. The van der Waals surface area contributed by atoms with E-state index in [1.54, 1.807) is 0 Å². The standard InChI is InChI=1S/C18H27N5O2/c24-16-18(2-1-5-19-16)3-6-22(7-4-18)14-15-12-20-17(21-13-15)23-8-10-25-11-9-23/h12-13H,1-11,14H2,(H,19,24). The van der Waals surface area contributed by atoms with E-state index in [1.807, 2.05) is 12.4 Å². The van der Waals surface area contributed by atoms with Crippen molar-refractivity contribution in [3.05, 3.63) is 18.0 Å². The Hall–Kier alpha value is -1.73. The highest BCUT2D eigenvalue weighted by atomic mass is 16.5. The maximum Gasteiger partial charge on any atom is 0.226 e. The molecule has 1 aromatic heterocycles. The van der Waals surface area contributed by atoms with Gasteiger partial charge in [0.05, 0.1) is 18.6 Å². The van der Waals surface area contributed by atoms with Crippen LogP contribution in [-0.4, -0.2) is 66.7 Å². The third-order valence-electron chi connectivity index (χ3n) is 5.80. The molecule has 0 radical (unpaired) electrons. The largest absolute Gasteiger partial charge is 0.378 e. The second-order valence-electron chi connectivity index (χ2n) is 7.41. The number of nitrogens with one attached hydrogen (secondary N) is 1. The molecule has 1 amide bonds. The van der Waals surface area contributed by atoms with Crippen LogP contribution in [0.25, 0.3) is 0 Å². The average molecular weight is 345 g/mol. The van der Waals surface area contributed by atoms with Gasteiger partial charge in [-0.1, -0.05) is 0 Å². The van der Waals surface area contributed by atoms with Gasteiger partial charge in [0.2, 0.25) is 11.9 Å². The van der Waals surface area contributed by atoms with E-state index in [2.05, 4.69) is 25.1 Å². The first kappa shape index (κ1) is 16.7. The van der Waals surface area contributed by atoms with E-state index in [-0.39, 0.29) is 11.3 Å². The average Bonchev–Trinajstić information content (AvgIpc) is 2.67. The predicted molar refractivity (Wildman–Crippen MR) is 94.3 cm³/mol. The summed E-state index contributed by atoms with van der Waals surface area (Å²) in [5.41, 5.74) is 1.03. The summed E-state index contributed by atoms with van der Waals surface area (Å²) in [6, 6.07) is 0. The molecule has 0 atom stereocenters. The molecule has 4 heterocycles. The van der Waals surface area contributed by atoms with Crippen LogP contribution in [0, 0.1) is 5.41 Å². The minimum Gasteiger partial charge on any atom is -0.378 e. The zero-order valence-corrected chi connectivity index (χ0v) is 14.7. The molecule has 1 N–H and O–H groups in total. The summed E-state index contributed by atoms with van der Waals surface area (Å²) in [4.78, 5) is 25.9. The zero-order valence-electron chi connectivity index (χ0n) is 14.7. The van der Waals surface area contributed by atoms with Crippen LogP contribution in [0.1, 0.15) is 31.2 Å². The van der Waals surface area contributed by atoms with Gasteiger partial charge in [0.15, 0.2) is 0 Å². The highest BCUT2D eigenvalue weighted by molar-refractivity contribution is 5.83. The summed E-state index contributed by atoms with van der Waals surface area (Å²) < 4.78 is 5.37. The third kappa shape index (κ3) is 3.62. The minimum absolute atomic E-state index is 0.106. The second-order valence-corrected chi connectivity index (χ2v) is 7.41. The number of hydrogen-bond donors (Lipinski definition) is 1. The lowest BCUT2D eigenvalue weighted by atomic mass is 9.72. The first-order chi connectivity index (χ1) is 12.3. The number of ether oxygens (including phenoxy) is 1. The number of rotatable bonds is 3. The molecule has 3 fully saturated rings. The van der Waals surface area contributed by atoms with Gasteiger partial charge < -0.3 is 15.0 Å². The zero-order chi connectivity index (χ0) is 17.1. The quantitative estimate of drug-likeness (QED) is 0.874. The summed E-state index contributed by atoms with van der Waals surface area (Å²) in [5.74, 6) is 1.07. The lowest BCUT2D eigenvalue weighted by Crippen LogP contribution is -2.51. The van der Waals surface area contributed by atoms with Crippen LogP contribution >= 0.6 is 0 Å². The number of nitrogens with zero attached hydrogens (tertiary/aromatic N) is 4. The molecule has 1 aromatic rings. The van der Waals surface area contributed by atoms with Crippen LogP contribution in [0.2, 0.25) is 0 Å². The minimum atomic E-state index is -0.106. The molecule has 3 aliphatic rings. The van der Waals surface area contributed by atoms with Gasteiger partial charge in [0.25, 0.3) is 0 Å². The van der Waals surface area contributed by atoms with Gasteiger partial charge in [0.1, 0.15) is 0 Å². The molecule has 0 unspecified atom stereocenters. The van der Waals surface area contributed by atoms with E-state index in [9.17, 15) is 4.79 Å². The van der Waals surface area contributed by atoms with E-state index in [0.717, 1.165) is 89.7 Å². The van der Waals surface area contributed by atoms with Crippen molar-refractivity contribution < 1.29 is 9.53 Å². The topological polar surface area (TPSA) is 70.6 Å². The van der Waals surface area contributed by atoms with Crippen LogP contribution in [0.3, 0.4) is 0 Å². The Kier molecular flexibility index (Phi) is 4.85. The first-order valence-corrected chi connectivity index (χ1v) is 9.39. The third-order valence-corrected chi connectivity index (χ3v) is 5.80. The lowest BCUT2D eigenvalue weighted by molar-refractivity contribution is -0.136. The smallest absolute Gasteiger partial charge is 0.226 e. The summed E-state index contributed by atoms with van der Waals surface area (Å²) in [6.07, 6.45) is 7.97.